The van der Waals surface area contributed by atoms with E-state index in [0.717, 1.165) is 29.5 Å². The lowest BCUT2D eigenvalue weighted by atomic mass is 10.0. The van der Waals surface area contributed by atoms with E-state index in [4.69, 9.17) is 0 Å². The summed E-state index contributed by atoms with van der Waals surface area (Å²) < 4.78 is 0. The topological polar surface area (TPSA) is 6.48 Å². The predicted octanol–water partition coefficient (Wildman–Crippen LogP) is 4.67. The highest BCUT2D eigenvalue weighted by Gasteiger charge is 2.05. The second-order valence-corrected chi connectivity index (χ2v) is 7.26. The molecule has 1 aliphatic rings. The third-order valence-electron chi connectivity index (χ3n) is 4.69. The van der Waals surface area contributed by atoms with E-state index in [9.17, 15) is 0 Å². The van der Waals surface area contributed by atoms with Crippen LogP contribution in [0.3, 0.4) is 0 Å². The Kier molecular flexibility index (Phi) is 6.25. The van der Waals surface area contributed by atoms with Crippen LogP contribution in [0.2, 0.25) is 0 Å². The van der Waals surface area contributed by atoms with Crippen LogP contribution < -0.4 is 4.90 Å². The second-order valence-electron chi connectivity index (χ2n) is 7.26. The average Bonchev–Trinajstić information content (AvgIpc) is 2.72. The summed E-state index contributed by atoms with van der Waals surface area (Å²) in [5.74, 6) is 13.0. The first-order chi connectivity index (χ1) is 13.5. The van der Waals surface area contributed by atoms with E-state index in [1.54, 1.807) is 0 Å². The van der Waals surface area contributed by atoms with Crippen LogP contribution in [0, 0.1) is 23.7 Å². The van der Waals surface area contributed by atoms with E-state index in [1.807, 2.05) is 38.4 Å². The van der Waals surface area contributed by atoms with Crippen molar-refractivity contribution in [1.82, 2.24) is 4.90 Å². The molecule has 1 aliphatic carbocycles. The molecule has 0 amide bonds. The highest BCUT2D eigenvalue weighted by atomic mass is 15.1. The van der Waals surface area contributed by atoms with Crippen LogP contribution in [0.25, 0.3) is 0 Å². The van der Waals surface area contributed by atoms with Crippen molar-refractivity contribution in [3.63, 3.8) is 0 Å². The molecule has 0 heterocycles. The standard InChI is InChI=1S/C26H26N2/c1-27(2)25-17-13-23(14-18-25)11-9-21-5-7-22(8-6-21)10-12-24-15-19-26(20-16-24)28(3)4/h5-8,13-15,17-19H,16,20H2,1-4H3. The van der Waals surface area contributed by atoms with Crippen molar-refractivity contribution in [2.75, 3.05) is 33.1 Å². The summed E-state index contributed by atoms with van der Waals surface area (Å²) in [5, 5.41) is 0. The smallest absolute Gasteiger partial charge is 0.0361 e. The Balaban J connectivity index is 1.65. The third-order valence-corrected chi connectivity index (χ3v) is 4.69. The summed E-state index contributed by atoms with van der Waals surface area (Å²) in [6.45, 7) is 0. The molecule has 2 nitrogen and oxygen atoms in total. The molecule has 2 heteroatoms. The molecular weight excluding hydrogens is 340 g/mol. The van der Waals surface area contributed by atoms with Crippen molar-refractivity contribution in [2.45, 2.75) is 12.8 Å². The quantitative estimate of drug-likeness (QED) is 0.713. The molecule has 0 N–H and O–H groups in total. The van der Waals surface area contributed by atoms with Gasteiger partial charge in [-0.3, -0.25) is 0 Å². The van der Waals surface area contributed by atoms with Gasteiger partial charge in [0.1, 0.15) is 0 Å². The fraction of sp³-hybridized carbons (Fsp3) is 0.231. The van der Waals surface area contributed by atoms with Crippen molar-refractivity contribution in [3.8, 4) is 23.7 Å². The first kappa shape index (κ1) is 19.4. The first-order valence-corrected chi connectivity index (χ1v) is 9.50. The summed E-state index contributed by atoms with van der Waals surface area (Å²) in [6, 6.07) is 16.4. The molecule has 2 aromatic carbocycles. The predicted molar refractivity (Wildman–Crippen MR) is 119 cm³/mol. The fourth-order valence-electron chi connectivity index (χ4n) is 2.88. The van der Waals surface area contributed by atoms with E-state index in [2.05, 4.69) is 84.0 Å². The van der Waals surface area contributed by atoms with Gasteiger partial charge in [0, 0.05) is 61.8 Å². The molecule has 0 unspecified atom stereocenters. The van der Waals surface area contributed by atoms with E-state index < -0.39 is 0 Å². The zero-order chi connectivity index (χ0) is 19.9. The Labute approximate surface area is 169 Å². The van der Waals surface area contributed by atoms with Crippen LogP contribution in [0.4, 0.5) is 5.69 Å². The lowest BCUT2D eigenvalue weighted by Crippen LogP contribution is -2.12. The summed E-state index contributed by atoms with van der Waals surface area (Å²) in [7, 11) is 8.24. The van der Waals surface area contributed by atoms with Gasteiger partial charge in [-0.2, -0.15) is 0 Å². The largest absolute Gasteiger partial charge is 0.381 e. The van der Waals surface area contributed by atoms with Crippen molar-refractivity contribution < 1.29 is 0 Å². The maximum Gasteiger partial charge on any atom is 0.0361 e. The van der Waals surface area contributed by atoms with Crippen LogP contribution in [-0.4, -0.2) is 33.1 Å². The van der Waals surface area contributed by atoms with Gasteiger partial charge in [-0.25, -0.2) is 0 Å². The van der Waals surface area contributed by atoms with Crippen molar-refractivity contribution >= 4 is 5.69 Å². The van der Waals surface area contributed by atoms with E-state index in [0.29, 0.717) is 0 Å². The van der Waals surface area contributed by atoms with Crippen molar-refractivity contribution in [3.05, 3.63) is 88.6 Å². The highest BCUT2D eigenvalue weighted by Crippen LogP contribution is 2.19. The summed E-state index contributed by atoms with van der Waals surface area (Å²) in [4.78, 5) is 4.24. The van der Waals surface area contributed by atoms with E-state index >= 15 is 0 Å². The molecule has 140 valence electrons. The Morgan fingerprint density at radius 2 is 1.07 bits per heavy atom. The Morgan fingerprint density at radius 1 is 0.571 bits per heavy atom. The summed E-state index contributed by atoms with van der Waals surface area (Å²) in [5.41, 5.74) is 6.75. The van der Waals surface area contributed by atoms with Crippen LogP contribution in [-0.2, 0) is 0 Å². The number of rotatable bonds is 2. The van der Waals surface area contributed by atoms with Crippen LogP contribution in [0.1, 0.15) is 29.5 Å². The van der Waals surface area contributed by atoms with Gasteiger partial charge in [0.25, 0.3) is 0 Å². The number of hydrogen-bond donors (Lipinski definition) is 0. The van der Waals surface area contributed by atoms with Gasteiger partial charge in [0.15, 0.2) is 0 Å². The monoisotopic (exact) mass is 366 g/mol. The number of allylic oxidation sites excluding steroid dienone is 4. The molecule has 0 aromatic heterocycles. The molecule has 0 aliphatic heterocycles. The maximum atomic E-state index is 3.30. The Bertz CT molecular complexity index is 997. The molecule has 3 rings (SSSR count). The second kappa shape index (κ2) is 9.03. The highest BCUT2D eigenvalue weighted by molar-refractivity contribution is 5.52. The minimum atomic E-state index is 0.998. The molecular formula is C26H26N2. The summed E-state index contributed by atoms with van der Waals surface area (Å²) in [6.07, 6.45) is 6.36. The zero-order valence-electron chi connectivity index (χ0n) is 17.1. The lowest BCUT2D eigenvalue weighted by Gasteiger charge is -2.19. The minimum absolute atomic E-state index is 0.998. The van der Waals surface area contributed by atoms with Gasteiger partial charge in [-0.1, -0.05) is 23.7 Å². The van der Waals surface area contributed by atoms with E-state index in [-0.39, 0.29) is 0 Å². The first-order valence-electron chi connectivity index (χ1n) is 9.50. The zero-order valence-corrected chi connectivity index (χ0v) is 17.1. The fourth-order valence-corrected chi connectivity index (χ4v) is 2.88. The molecule has 0 spiro atoms. The number of nitrogens with zero attached hydrogens (tertiary/aromatic N) is 2. The SMILES string of the molecule is CN(C)C1=CC=C(C#Cc2ccc(C#Cc3ccc(N(C)C)cc3)cc2)CC1. The van der Waals surface area contributed by atoms with Crippen LogP contribution in [0.15, 0.2) is 72.0 Å². The van der Waals surface area contributed by atoms with Crippen molar-refractivity contribution in [1.29, 1.82) is 0 Å². The molecule has 2 aromatic rings. The molecule has 0 saturated carbocycles. The van der Waals surface area contributed by atoms with Gasteiger partial charge >= 0.3 is 0 Å². The third kappa shape index (κ3) is 5.32. The summed E-state index contributed by atoms with van der Waals surface area (Å²) >= 11 is 0. The van der Waals surface area contributed by atoms with Gasteiger partial charge in [-0.05, 0) is 73.5 Å². The van der Waals surface area contributed by atoms with Crippen LogP contribution in [0.5, 0.6) is 0 Å². The molecule has 0 saturated heterocycles. The maximum absolute atomic E-state index is 3.30. The average molecular weight is 367 g/mol. The molecule has 0 radical (unpaired) electrons. The van der Waals surface area contributed by atoms with E-state index in [1.165, 1.54) is 17.0 Å². The Morgan fingerprint density at radius 3 is 1.50 bits per heavy atom. The molecule has 0 bridgehead atoms. The van der Waals surface area contributed by atoms with Crippen molar-refractivity contribution in [2.24, 2.45) is 0 Å². The minimum Gasteiger partial charge on any atom is -0.381 e. The molecule has 28 heavy (non-hydrogen) atoms. The normalized spacial score (nSPS) is 12.6. The van der Waals surface area contributed by atoms with Gasteiger partial charge in [-0.15, -0.1) is 0 Å². The molecule has 0 fully saturated rings. The Hall–Kier alpha value is -3.36. The number of hydrogen-bond acceptors (Lipinski definition) is 2. The number of anilines is 1. The van der Waals surface area contributed by atoms with Crippen LogP contribution >= 0.6 is 0 Å². The van der Waals surface area contributed by atoms with Gasteiger partial charge in [0.05, 0.1) is 0 Å². The lowest BCUT2D eigenvalue weighted by molar-refractivity contribution is 0.484. The van der Waals surface area contributed by atoms with Gasteiger partial charge in [0.2, 0.25) is 0 Å². The molecule has 0 atom stereocenters. The van der Waals surface area contributed by atoms with Gasteiger partial charge < -0.3 is 9.80 Å². The number of benzene rings is 2.